The maximum Gasteiger partial charge on any atom is 0.312 e. The third kappa shape index (κ3) is 22.4. The number of ether oxygens (including phenoxy) is 8. The summed E-state index contributed by atoms with van der Waals surface area (Å²) in [6.45, 7) is 10.8. The number of nitrogens with two attached hydrogens (primary N) is 2. The Bertz CT molecular complexity index is 3680. The second-order valence-corrected chi connectivity index (χ2v) is 23.0. The number of amidine groups is 2. The molecule has 2 aliphatic heterocycles. The molecule has 2 fully saturated rings. The molecule has 504 valence electrons. The Hall–Kier alpha value is -11.4. The van der Waals surface area contributed by atoms with Crippen molar-refractivity contribution >= 4 is 41.0 Å². The van der Waals surface area contributed by atoms with Crippen molar-refractivity contribution < 1.29 is 57.1 Å². The number of benzene rings is 8. The summed E-state index contributed by atoms with van der Waals surface area (Å²) in [5, 5.41) is 24.3. The lowest BCUT2D eigenvalue weighted by Crippen LogP contribution is -2.58. The van der Waals surface area contributed by atoms with E-state index in [0.29, 0.717) is 98.0 Å². The van der Waals surface area contributed by atoms with Gasteiger partial charge in [-0.15, -0.1) is 0 Å². The highest BCUT2D eigenvalue weighted by Crippen LogP contribution is 2.22. The largest absolute Gasteiger partial charge is 0.491 e. The standard InChI is InChI=1S/C38H42N6O6.C38H36N4O6/c39-35(40)29-11-15-31(16-12-29)49-25-33(47-23-27-7-3-1-4-8-27)21-43-19-20-44(38(46)37(43)45)22-34(48-24-28-9-5-2-6-10-28)26-50-32-17-13-30(14-18-32)36(41)42;1-40-32-14-18-34(19-15-32)48-28-36(46-26-31-10-6-3-7-11-31)24-42-21-20-41(37(43)38(42)44)23-35(45-25-30-8-4-2-5-9-30)27-47-33-16-12-29(22-39)13-17-33/h1-18,33-34H,19-26H2,(H3,39,40)(H3,41,42);2-19,35-36H,20-21,23-28H2. The molecule has 2 aliphatic rings. The number of hydrogen-bond acceptors (Lipinski definition) is 15. The predicted molar refractivity (Wildman–Crippen MR) is 367 cm³/mol. The first-order chi connectivity index (χ1) is 47.7. The van der Waals surface area contributed by atoms with Crippen LogP contribution in [0.3, 0.4) is 0 Å². The van der Waals surface area contributed by atoms with Crippen LogP contribution in [0.2, 0.25) is 0 Å². The fraction of sp³-hybridized carbons (Fsp3) is 0.263. The number of nitrogens with one attached hydrogen (secondary N) is 2. The van der Waals surface area contributed by atoms with E-state index < -0.39 is 48.0 Å². The van der Waals surface area contributed by atoms with E-state index in [0.717, 1.165) is 22.3 Å². The van der Waals surface area contributed by atoms with Crippen molar-refractivity contribution in [2.45, 2.75) is 50.8 Å². The molecule has 98 heavy (non-hydrogen) atoms. The van der Waals surface area contributed by atoms with Gasteiger partial charge in [0.15, 0.2) is 5.69 Å². The van der Waals surface area contributed by atoms with Gasteiger partial charge in [0, 0.05) is 37.3 Å². The molecule has 0 aromatic heterocycles. The molecule has 0 radical (unpaired) electrons. The zero-order chi connectivity index (χ0) is 68.9. The van der Waals surface area contributed by atoms with E-state index >= 15 is 0 Å². The van der Waals surface area contributed by atoms with Crippen LogP contribution in [-0.4, -0.2) is 158 Å². The van der Waals surface area contributed by atoms with Gasteiger partial charge in [-0.2, -0.15) is 5.26 Å². The van der Waals surface area contributed by atoms with E-state index in [4.69, 9.17) is 72.0 Å². The molecule has 0 bridgehead atoms. The van der Waals surface area contributed by atoms with E-state index in [1.165, 1.54) is 19.6 Å². The van der Waals surface area contributed by atoms with Gasteiger partial charge in [0.2, 0.25) is 0 Å². The first-order valence-corrected chi connectivity index (χ1v) is 31.9. The number of piperazine rings is 2. The van der Waals surface area contributed by atoms with Gasteiger partial charge in [-0.3, -0.25) is 30.0 Å². The number of hydrogen-bond donors (Lipinski definition) is 4. The third-order valence-corrected chi connectivity index (χ3v) is 15.8. The molecule has 4 amide bonds. The summed E-state index contributed by atoms with van der Waals surface area (Å²) in [7, 11) is 0. The van der Waals surface area contributed by atoms with Crippen molar-refractivity contribution in [1.29, 1.82) is 16.1 Å². The summed E-state index contributed by atoms with van der Waals surface area (Å²) in [5.74, 6) is -0.293. The SMILES string of the molecule is N=C(N)c1ccc(OCC(CN2CCN(CC(COc3ccc(C(=N)N)cc3)OCc3ccccc3)C(=O)C2=O)OCc2ccccc2)cc1.[C-]#[N+]c1ccc(OCC(CN2CCN(CC(COc3ccc(C#N)cc3)OCc3ccccc3)C(=O)C2=O)OCc2ccccc2)cc1. The van der Waals surface area contributed by atoms with Crippen molar-refractivity contribution in [3.05, 3.63) is 269 Å². The van der Waals surface area contributed by atoms with Crippen LogP contribution < -0.4 is 30.4 Å². The average molecular weight is 1320 g/mol. The molecule has 0 saturated carbocycles. The molecule has 2 saturated heterocycles. The minimum Gasteiger partial charge on any atom is -0.491 e. The lowest BCUT2D eigenvalue weighted by atomic mass is 10.2. The lowest BCUT2D eigenvalue weighted by molar-refractivity contribution is -0.159. The number of nitrogen functional groups attached to an aromatic ring is 2. The molecule has 6 N–H and O–H groups in total. The summed E-state index contributed by atoms with van der Waals surface area (Å²) in [6, 6.07) is 68.1. The van der Waals surface area contributed by atoms with Gasteiger partial charge in [0.1, 0.15) is 85.5 Å². The molecular weight excluding hydrogens is 1240 g/mol. The van der Waals surface area contributed by atoms with E-state index in [2.05, 4.69) is 10.9 Å². The van der Waals surface area contributed by atoms with Crippen molar-refractivity contribution in [2.24, 2.45) is 11.5 Å². The van der Waals surface area contributed by atoms with Crippen LogP contribution in [0.4, 0.5) is 5.69 Å². The fourth-order valence-corrected chi connectivity index (χ4v) is 10.3. The number of rotatable bonds is 34. The van der Waals surface area contributed by atoms with E-state index in [1.807, 2.05) is 121 Å². The first-order valence-electron chi connectivity index (χ1n) is 31.9. The van der Waals surface area contributed by atoms with Crippen molar-refractivity contribution in [2.75, 3.05) is 78.8 Å². The molecular formula is C76H78N10O12. The predicted octanol–water partition coefficient (Wildman–Crippen LogP) is 8.96. The Balaban J connectivity index is 0.000000229. The smallest absolute Gasteiger partial charge is 0.312 e. The number of nitriles is 1. The van der Waals surface area contributed by atoms with Gasteiger partial charge in [-0.1, -0.05) is 133 Å². The average Bonchev–Trinajstić information content (AvgIpc) is 0.910. The summed E-state index contributed by atoms with van der Waals surface area (Å²) in [5.41, 5.74) is 17.2. The van der Waals surface area contributed by atoms with Gasteiger partial charge >= 0.3 is 23.6 Å². The Kier molecular flexibility index (Phi) is 26.8. The summed E-state index contributed by atoms with van der Waals surface area (Å²) >= 11 is 0. The van der Waals surface area contributed by atoms with E-state index in [9.17, 15) is 19.2 Å². The second-order valence-electron chi connectivity index (χ2n) is 23.0. The van der Waals surface area contributed by atoms with Gasteiger partial charge in [-0.05, 0) is 107 Å². The quantitative estimate of drug-likeness (QED) is 0.0127. The molecule has 8 aromatic rings. The number of carbonyl (C=O) groups is 4. The highest BCUT2D eigenvalue weighted by Gasteiger charge is 2.37. The summed E-state index contributed by atoms with van der Waals surface area (Å²) in [4.78, 5) is 63.1. The van der Waals surface area contributed by atoms with Crippen LogP contribution in [0.25, 0.3) is 4.85 Å². The molecule has 22 nitrogen and oxygen atoms in total. The minimum atomic E-state index is -0.627. The van der Waals surface area contributed by atoms with Crippen LogP contribution in [0, 0.1) is 28.7 Å². The number of carbonyl (C=O) groups excluding carboxylic acids is 4. The highest BCUT2D eigenvalue weighted by molar-refractivity contribution is 6.36. The van der Waals surface area contributed by atoms with Crippen LogP contribution in [0.1, 0.15) is 38.9 Å². The zero-order valence-electron chi connectivity index (χ0n) is 54.1. The Labute approximate surface area is 570 Å². The Morgan fingerprint density at radius 2 is 0.643 bits per heavy atom. The van der Waals surface area contributed by atoms with Crippen LogP contribution in [-0.2, 0) is 64.6 Å². The topological polar surface area (TPSA) is 283 Å². The van der Waals surface area contributed by atoms with Crippen LogP contribution in [0.15, 0.2) is 218 Å². The molecule has 4 unspecified atom stereocenters. The highest BCUT2D eigenvalue weighted by atomic mass is 16.5. The summed E-state index contributed by atoms with van der Waals surface area (Å²) < 4.78 is 48.7. The molecule has 10 rings (SSSR count). The minimum absolute atomic E-state index is 0.0370. The first kappa shape index (κ1) is 70.9. The maximum absolute atomic E-state index is 13.5. The molecule has 0 aliphatic carbocycles. The molecule has 22 heteroatoms. The normalized spacial score (nSPS) is 14.2. The van der Waals surface area contributed by atoms with Crippen molar-refractivity contribution in [3.8, 4) is 29.1 Å². The van der Waals surface area contributed by atoms with Gasteiger partial charge in [0.05, 0.1) is 70.8 Å². The number of nitrogens with zero attached hydrogens (tertiary/aromatic N) is 6. The fourth-order valence-electron chi connectivity index (χ4n) is 10.3. The third-order valence-electron chi connectivity index (χ3n) is 15.8. The van der Waals surface area contributed by atoms with Crippen molar-refractivity contribution in [3.63, 3.8) is 0 Å². The molecule has 4 atom stereocenters. The van der Waals surface area contributed by atoms with Crippen molar-refractivity contribution in [1.82, 2.24) is 19.6 Å². The second kappa shape index (κ2) is 37.0. The Morgan fingerprint density at radius 3 is 0.878 bits per heavy atom. The molecule has 0 spiro atoms. The van der Waals surface area contributed by atoms with Gasteiger partial charge in [-0.25, -0.2) is 4.85 Å². The van der Waals surface area contributed by atoms with Crippen LogP contribution in [0.5, 0.6) is 23.0 Å². The van der Waals surface area contributed by atoms with Gasteiger partial charge < -0.3 is 69.0 Å². The molecule has 2 heterocycles. The summed E-state index contributed by atoms with van der Waals surface area (Å²) in [6.07, 6.45) is -2.10. The number of amides is 4. The van der Waals surface area contributed by atoms with Crippen LogP contribution >= 0.6 is 0 Å². The lowest BCUT2D eigenvalue weighted by Gasteiger charge is -2.36. The zero-order valence-corrected chi connectivity index (χ0v) is 54.1. The Morgan fingerprint density at radius 1 is 0.398 bits per heavy atom. The monoisotopic (exact) mass is 1320 g/mol. The van der Waals surface area contributed by atoms with Gasteiger partial charge in [0.25, 0.3) is 0 Å². The van der Waals surface area contributed by atoms with E-state index in [1.54, 1.807) is 97.1 Å². The molecule has 8 aromatic carbocycles. The maximum atomic E-state index is 13.5. The van der Waals surface area contributed by atoms with E-state index in [-0.39, 0.29) is 64.3 Å².